The summed E-state index contributed by atoms with van der Waals surface area (Å²) in [4.78, 5) is 0. The first-order chi connectivity index (χ1) is 28.1. The number of methoxy groups -OCH3 is 4. The van der Waals surface area contributed by atoms with Gasteiger partial charge in [-0.3, -0.25) is 0 Å². The normalized spacial score (nSPS) is 15.9. The van der Waals surface area contributed by atoms with E-state index < -0.39 is 5.92 Å². The second-order valence-electron chi connectivity index (χ2n) is 13.1. The maximum atomic E-state index is 9.79. The predicted molar refractivity (Wildman–Crippen MR) is 229 cm³/mol. The van der Waals surface area contributed by atoms with Crippen molar-refractivity contribution < 1.29 is 33.6 Å². The van der Waals surface area contributed by atoms with Crippen LogP contribution >= 0.6 is 31.9 Å². The molecule has 12 nitrogen and oxygen atoms in total. The number of allylic oxidation sites excluding steroid dienone is 1. The molecule has 0 amide bonds. The number of nitrogens with two attached hydrogens (primary N) is 3. The highest BCUT2D eigenvalue weighted by Gasteiger charge is 2.35. The van der Waals surface area contributed by atoms with Gasteiger partial charge in [0, 0.05) is 27.8 Å². The number of benzene rings is 6. The molecule has 0 aromatic heterocycles. The number of hydrogen-bond donors (Lipinski definition) is 4. The maximum absolute atomic E-state index is 9.79. The van der Waals surface area contributed by atoms with Crippen LogP contribution in [0.25, 0.3) is 21.5 Å². The van der Waals surface area contributed by atoms with Gasteiger partial charge in [0.1, 0.15) is 23.1 Å². The average Bonchev–Trinajstić information content (AvgIpc) is 3.24. The summed E-state index contributed by atoms with van der Waals surface area (Å²) < 4.78 is 35.2. The molecule has 0 saturated carbocycles. The van der Waals surface area contributed by atoms with Crippen LogP contribution in [0.15, 0.2) is 134 Å². The number of nitriles is 1. The zero-order chi connectivity index (χ0) is 41.2. The summed E-state index contributed by atoms with van der Waals surface area (Å²) in [5.41, 5.74) is 22.6. The number of halogens is 2. The largest absolute Gasteiger partial charge is 0.493 e. The molecule has 2 unspecified atom stereocenters. The van der Waals surface area contributed by atoms with Crippen molar-refractivity contribution in [2.24, 2.45) is 22.4 Å². The first-order valence-corrected chi connectivity index (χ1v) is 19.3. The van der Waals surface area contributed by atoms with E-state index in [1.165, 1.54) is 0 Å². The molecule has 0 aliphatic carbocycles. The third-order valence-corrected chi connectivity index (χ3v) is 11.2. The van der Waals surface area contributed by atoms with E-state index in [9.17, 15) is 10.5 Å². The van der Waals surface area contributed by atoms with Gasteiger partial charge >= 0.3 is 0 Å². The van der Waals surface area contributed by atoms with Crippen LogP contribution in [-0.2, 0) is 0 Å². The number of rotatable bonds is 7. The van der Waals surface area contributed by atoms with Crippen molar-refractivity contribution in [2.75, 3.05) is 28.4 Å². The van der Waals surface area contributed by atoms with E-state index in [0.717, 1.165) is 48.3 Å². The molecule has 6 aromatic rings. The monoisotopic (exact) mass is 905 g/mol. The number of ether oxygens (including phenoxy) is 6. The second kappa shape index (κ2) is 16.5. The van der Waals surface area contributed by atoms with Crippen molar-refractivity contribution in [2.45, 2.75) is 11.8 Å². The summed E-state index contributed by atoms with van der Waals surface area (Å²) in [6.07, 6.45) is 0. The van der Waals surface area contributed by atoms with Gasteiger partial charge in [-0.1, -0.05) is 78.0 Å². The van der Waals surface area contributed by atoms with Gasteiger partial charge in [0.25, 0.3) is 0 Å². The van der Waals surface area contributed by atoms with Crippen LogP contribution in [0.3, 0.4) is 0 Å². The van der Waals surface area contributed by atoms with E-state index in [4.69, 9.17) is 45.6 Å². The molecule has 2 atom stereocenters. The van der Waals surface area contributed by atoms with Gasteiger partial charge in [0.15, 0.2) is 34.7 Å². The van der Waals surface area contributed by atoms with Gasteiger partial charge in [-0.05, 0) is 78.0 Å². The van der Waals surface area contributed by atoms with Crippen LogP contribution in [0.5, 0.6) is 34.5 Å². The SMILES string of the molecule is COc1cc(C2C(/C(N)=N/O)=C(N)Oc3c2ccc2ccccc32)cc(Br)c1OC.COc1cc(C2C(C#N)=C(N)Oc3c2ccc2ccccc32)cc(Br)c1OC. The Bertz CT molecular complexity index is 2740. The quantitative estimate of drug-likeness (QED) is 0.0518. The van der Waals surface area contributed by atoms with Gasteiger partial charge in [-0.25, -0.2) is 0 Å². The Labute approximate surface area is 350 Å². The molecule has 58 heavy (non-hydrogen) atoms. The molecule has 0 radical (unpaired) electrons. The fraction of sp³-hybridized carbons (Fsp3) is 0.136. The fourth-order valence-electron chi connectivity index (χ4n) is 7.48. The Morgan fingerprint density at radius 2 is 1.14 bits per heavy atom. The van der Waals surface area contributed by atoms with E-state index in [0.29, 0.717) is 50.1 Å². The molecule has 294 valence electrons. The van der Waals surface area contributed by atoms with Gasteiger partial charge in [0.2, 0.25) is 5.88 Å². The number of amidine groups is 1. The topological polar surface area (TPSA) is 190 Å². The highest BCUT2D eigenvalue weighted by molar-refractivity contribution is 9.11. The molecular formula is C44H37Br2N5O7. The summed E-state index contributed by atoms with van der Waals surface area (Å²) in [5, 5.41) is 26.3. The summed E-state index contributed by atoms with van der Waals surface area (Å²) in [7, 11) is 6.29. The van der Waals surface area contributed by atoms with Gasteiger partial charge in [-0.2, -0.15) is 5.26 Å². The minimum atomic E-state index is -0.453. The van der Waals surface area contributed by atoms with Gasteiger partial charge in [-0.15, -0.1) is 0 Å². The Balaban J connectivity index is 0.000000177. The lowest BCUT2D eigenvalue weighted by molar-refractivity contribution is 0.317. The molecule has 6 aromatic carbocycles. The number of hydrogen-bond acceptors (Lipinski definition) is 11. The van der Waals surface area contributed by atoms with E-state index in [1.807, 2.05) is 97.1 Å². The highest BCUT2D eigenvalue weighted by Crippen LogP contribution is 2.50. The van der Waals surface area contributed by atoms with Crippen molar-refractivity contribution in [3.05, 3.63) is 151 Å². The molecule has 8 rings (SSSR count). The van der Waals surface area contributed by atoms with Crippen LogP contribution in [0, 0.1) is 11.3 Å². The van der Waals surface area contributed by atoms with Crippen molar-refractivity contribution in [3.8, 4) is 40.6 Å². The molecule has 0 spiro atoms. The van der Waals surface area contributed by atoms with Crippen LogP contribution in [-0.4, -0.2) is 39.5 Å². The Hall–Kier alpha value is -6.56. The van der Waals surface area contributed by atoms with Crippen molar-refractivity contribution in [3.63, 3.8) is 0 Å². The lowest BCUT2D eigenvalue weighted by Gasteiger charge is -2.30. The van der Waals surface area contributed by atoms with Crippen LogP contribution in [0.4, 0.5) is 0 Å². The Morgan fingerprint density at radius 1 is 0.672 bits per heavy atom. The van der Waals surface area contributed by atoms with Crippen LogP contribution < -0.4 is 45.6 Å². The van der Waals surface area contributed by atoms with Crippen molar-refractivity contribution in [1.29, 1.82) is 5.26 Å². The highest BCUT2D eigenvalue weighted by atomic mass is 79.9. The molecule has 0 fully saturated rings. The van der Waals surface area contributed by atoms with Gasteiger partial charge in [0.05, 0.1) is 48.9 Å². The molecular weight excluding hydrogens is 870 g/mol. The van der Waals surface area contributed by atoms with Gasteiger partial charge < -0.3 is 50.8 Å². The first kappa shape index (κ1) is 39.7. The minimum Gasteiger partial charge on any atom is -0.493 e. The second-order valence-corrected chi connectivity index (χ2v) is 14.8. The van der Waals surface area contributed by atoms with Crippen LogP contribution in [0.1, 0.15) is 34.1 Å². The van der Waals surface area contributed by atoms with E-state index in [-0.39, 0.29) is 23.5 Å². The zero-order valence-corrected chi connectivity index (χ0v) is 34.8. The summed E-state index contributed by atoms with van der Waals surface area (Å²) >= 11 is 7.08. The summed E-state index contributed by atoms with van der Waals surface area (Å²) in [6.45, 7) is 0. The standard InChI is InChI=1S/C22H20BrN3O4.C22H17BrN2O3/c1-28-16-10-12(9-15(23)20(16)29-2)17-14-8-7-11-5-3-4-6-13(11)19(14)30-22(25)18(17)21(24)26-27;1-26-18-10-13(9-17(23)21(18)27-2)19-15-8-7-12-5-3-4-6-14(12)20(15)28-22(25)16(19)11-24/h3-10,17,27H,25H2,1-2H3,(H2,24,26);3-10,19H,25H2,1-2H3. The fourth-order valence-corrected chi connectivity index (χ4v) is 8.72. The third kappa shape index (κ3) is 6.92. The van der Waals surface area contributed by atoms with Crippen molar-refractivity contribution >= 4 is 59.2 Å². The number of fused-ring (bicyclic) bond motifs is 6. The predicted octanol–water partition coefficient (Wildman–Crippen LogP) is 8.90. The lowest BCUT2D eigenvalue weighted by Crippen LogP contribution is -2.30. The summed E-state index contributed by atoms with van der Waals surface area (Å²) in [5.74, 6) is 2.79. The average molecular weight is 908 g/mol. The molecule has 14 heteroatoms. The number of oxime groups is 1. The molecule has 0 saturated heterocycles. The molecule has 2 aliphatic heterocycles. The van der Waals surface area contributed by atoms with E-state index >= 15 is 0 Å². The first-order valence-electron chi connectivity index (χ1n) is 17.7. The zero-order valence-electron chi connectivity index (χ0n) is 31.7. The smallest absolute Gasteiger partial charge is 0.205 e. The van der Waals surface area contributed by atoms with Crippen LogP contribution in [0.2, 0.25) is 0 Å². The van der Waals surface area contributed by atoms with E-state index in [2.05, 4.69) is 43.1 Å². The number of nitrogens with zero attached hydrogens (tertiary/aromatic N) is 2. The molecule has 2 heterocycles. The van der Waals surface area contributed by atoms with Crippen molar-refractivity contribution in [1.82, 2.24) is 0 Å². The maximum Gasteiger partial charge on any atom is 0.205 e. The third-order valence-electron chi connectivity index (χ3n) is 10.1. The Kier molecular flexibility index (Phi) is 11.3. The Morgan fingerprint density at radius 3 is 1.60 bits per heavy atom. The molecule has 7 N–H and O–H groups in total. The molecule has 0 bridgehead atoms. The summed E-state index contributed by atoms with van der Waals surface area (Å²) in [6, 6.07) is 33.5. The lowest BCUT2D eigenvalue weighted by atomic mass is 9.81. The van der Waals surface area contributed by atoms with E-state index in [1.54, 1.807) is 28.4 Å². The molecule has 2 aliphatic rings. The minimum absolute atomic E-state index is 0.0741.